The molecule has 2 fully saturated rings. The normalized spacial score (nSPS) is 18.4. The fourth-order valence-corrected chi connectivity index (χ4v) is 5.21. The second-order valence-electron chi connectivity index (χ2n) is 12.3. The number of nitriles is 1. The van der Waals surface area contributed by atoms with E-state index in [1.165, 1.54) is 12.1 Å². The number of aromatic nitrogens is 3. The number of hydrogen-bond acceptors (Lipinski definition) is 11. The molecule has 2 aromatic heterocycles. The van der Waals surface area contributed by atoms with Crippen LogP contribution in [0.5, 0.6) is 11.6 Å². The van der Waals surface area contributed by atoms with Crippen molar-refractivity contribution < 1.29 is 27.8 Å². The van der Waals surface area contributed by atoms with Crippen molar-refractivity contribution in [2.45, 2.75) is 44.8 Å². The fourth-order valence-electron chi connectivity index (χ4n) is 5.21. The molecule has 1 unspecified atom stereocenters. The van der Waals surface area contributed by atoms with Gasteiger partial charge in [0, 0.05) is 50.9 Å². The van der Waals surface area contributed by atoms with E-state index in [2.05, 4.69) is 37.1 Å². The number of methoxy groups -OCH3 is 1. The average Bonchev–Trinajstić information content (AvgIpc) is 3.01. The molecule has 0 saturated carbocycles. The van der Waals surface area contributed by atoms with Crippen molar-refractivity contribution in [3.8, 4) is 29.0 Å². The number of pyridine rings is 1. The van der Waals surface area contributed by atoms with E-state index >= 15 is 8.78 Å². The molecule has 0 spiro atoms. The zero-order valence-electron chi connectivity index (χ0n) is 26.6. The lowest BCUT2D eigenvalue weighted by Gasteiger charge is -2.38. The predicted octanol–water partition coefficient (Wildman–Crippen LogP) is 4.94. The largest absolute Gasteiger partial charge is 0.483 e. The van der Waals surface area contributed by atoms with Gasteiger partial charge >= 0.3 is 12.0 Å². The summed E-state index contributed by atoms with van der Waals surface area (Å²) in [4.78, 5) is 31.3. The van der Waals surface area contributed by atoms with Crippen molar-refractivity contribution in [2.75, 3.05) is 63.6 Å². The minimum absolute atomic E-state index is 0.0192. The molecule has 2 saturated heterocycles. The van der Waals surface area contributed by atoms with E-state index in [4.69, 9.17) is 14.2 Å². The highest BCUT2D eigenvalue weighted by Crippen LogP contribution is 2.35. The molecule has 1 atom stereocenters. The van der Waals surface area contributed by atoms with Gasteiger partial charge in [0.2, 0.25) is 11.8 Å². The van der Waals surface area contributed by atoms with Gasteiger partial charge in [-0.1, -0.05) is 0 Å². The molecule has 12 nitrogen and oxygen atoms in total. The molecule has 0 bridgehead atoms. The van der Waals surface area contributed by atoms with Gasteiger partial charge in [0.1, 0.15) is 28.9 Å². The van der Waals surface area contributed by atoms with Crippen LogP contribution in [0.15, 0.2) is 42.6 Å². The SMILES string of the molecule is COc1nc(Nc2nccc(-c3ccc(OC4CCN(C(=O)OC(C)(C)C)CC4(F)F)c(C#N)c3)n2)ccc1N1CCN(C)CC1. The Labute approximate surface area is 266 Å². The minimum Gasteiger partial charge on any atom is -0.483 e. The summed E-state index contributed by atoms with van der Waals surface area (Å²) in [5.74, 6) is -2.08. The monoisotopic (exact) mass is 636 g/mol. The molecule has 3 aromatic rings. The number of alkyl halides is 2. The zero-order valence-corrected chi connectivity index (χ0v) is 26.6. The number of piperidine rings is 1. The number of rotatable bonds is 7. The molecule has 2 aliphatic rings. The molecule has 46 heavy (non-hydrogen) atoms. The summed E-state index contributed by atoms with van der Waals surface area (Å²) in [7, 11) is 3.68. The molecule has 0 radical (unpaired) electrons. The summed E-state index contributed by atoms with van der Waals surface area (Å²) in [5.41, 5.74) is 1.24. The topological polar surface area (TPSA) is 129 Å². The van der Waals surface area contributed by atoms with Crippen LogP contribution in [-0.2, 0) is 4.74 Å². The molecular weight excluding hydrogens is 598 g/mol. The van der Waals surface area contributed by atoms with E-state index in [9.17, 15) is 10.1 Å². The van der Waals surface area contributed by atoms with Crippen LogP contribution in [0.2, 0.25) is 0 Å². The van der Waals surface area contributed by atoms with Gasteiger partial charge in [-0.15, -0.1) is 0 Å². The first-order chi connectivity index (χ1) is 21.8. The highest BCUT2D eigenvalue weighted by atomic mass is 19.3. The summed E-state index contributed by atoms with van der Waals surface area (Å²) in [6.45, 7) is 7.85. The number of carbonyl (C=O) groups is 1. The smallest absolute Gasteiger partial charge is 0.410 e. The van der Waals surface area contributed by atoms with Crippen molar-refractivity contribution in [3.05, 3.63) is 48.2 Å². The maximum absolute atomic E-state index is 15.1. The average molecular weight is 637 g/mol. The van der Waals surface area contributed by atoms with Crippen LogP contribution in [0, 0.1) is 11.3 Å². The number of carbonyl (C=O) groups excluding carboxylic acids is 1. The van der Waals surface area contributed by atoms with Gasteiger partial charge in [-0.3, -0.25) is 0 Å². The Kier molecular flexibility index (Phi) is 9.43. The van der Waals surface area contributed by atoms with E-state index in [1.54, 1.807) is 46.2 Å². The van der Waals surface area contributed by atoms with Gasteiger partial charge in [-0.25, -0.2) is 23.5 Å². The van der Waals surface area contributed by atoms with Crippen LogP contribution >= 0.6 is 0 Å². The second kappa shape index (κ2) is 13.3. The molecule has 1 aromatic carbocycles. The molecule has 4 heterocycles. The first kappa shape index (κ1) is 32.6. The number of likely N-dealkylation sites (N-methyl/N-ethyl adjacent to an activating group) is 1. The number of piperazine rings is 1. The summed E-state index contributed by atoms with van der Waals surface area (Å²) in [5, 5.41) is 12.9. The number of hydrogen-bond donors (Lipinski definition) is 1. The quantitative estimate of drug-likeness (QED) is 0.379. The van der Waals surface area contributed by atoms with Crippen molar-refractivity contribution >= 4 is 23.5 Å². The van der Waals surface area contributed by atoms with Gasteiger partial charge in [0.05, 0.1) is 24.9 Å². The molecule has 5 rings (SSSR count). The Morgan fingerprint density at radius 3 is 2.52 bits per heavy atom. The number of benzene rings is 1. The number of halogens is 2. The predicted molar refractivity (Wildman–Crippen MR) is 168 cm³/mol. The van der Waals surface area contributed by atoms with E-state index in [0.717, 1.165) is 36.8 Å². The van der Waals surface area contributed by atoms with Crippen LogP contribution in [0.25, 0.3) is 11.3 Å². The summed E-state index contributed by atoms with van der Waals surface area (Å²) in [6, 6.07) is 12.1. The molecule has 244 valence electrons. The number of ether oxygens (including phenoxy) is 3. The lowest BCUT2D eigenvalue weighted by atomic mass is 10.0. The third-order valence-corrected chi connectivity index (χ3v) is 7.62. The minimum atomic E-state index is -3.35. The maximum atomic E-state index is 15.1. The third-order valence-electron chi connectivity index (χ3n) is 7.62. The Hall–Kier alpha value is -4.77. The standard InChI is InChI=1S/C32H38F2N8O4/c1-31(2,3)46-30(43)42-13-11-26(32(33,34)20-42)45-25-8-6-21(18-22(25)19-35)23-10-12-36-29(37-23)39-27-9-7-24(28(38-27)44-5)41-16-14-40(4)15-17-41/h6-10,12,18,26H,11,13-17,20H2,1-5H3,(H,36,37,38,39). The van der Waals surface area contributed by atoms with E-state index in [-0.39, 0.29) is 30.2 Å². The third kappa shape index (κ3) is 7.71. The van der Waals surface area contributed by atoms with Crippen molar-refractivity contribution in [1.29, 1.82) is 5.26 Å². The molecular formula is C32H38F2N8O4. The van der Waals surface area contributed by atoms with E-state index in [1.807, 2.05) is 18.2 Å². The number of amides is 1. The van der Waals surface area contributed by atoms with Crippen LogP contribution in [0.3, 0.4) is 0 Å². The van der Waals surface area contributed by atoms with Gasteiger partial charge < -0.3 is 34.2 Å². The summed E-state index contributed by atoms with van der Waals surface area (Å²) < 4.78 is 46.7. The Bertz CT molecular complexity index is 1600. The molecule has 14 heteroatoms. The van der Waals surface area contributed by atoms with E-state index < -0.39 is 30.3 Å². The van der Waals surface area contributed by atoms with Crippen molar-refractivity contribution in [1.82, 2.24) is 24.8 Å². The number of nitrogens with one attached hydrogen (secondary N) is 1. The van der Waals surface area contributed by atoms with Crippen LogP contribution < -0.4 is 19.7 Å². The Morgan fingerprint density at radius 2 is 1.85 bits per heavy atom. The zero-order chi connectivity index (χ0) is 33.1. The highest BCUT2D eigenvalue weighted by Gasteiger charge is 2.48. The van der Waals surface area contributed by atoms with Crippen LogP contribution in [0.4, 0.5) is 31.0 Å². The van der Waals surface area contributed by atoms with E-state index in [0.29, 0.717) is 23.0 Å². The first-order valence-corrected chi connectivity index (χ1v) is 15.0. The van der Waals surface area contributed by atoms with Gasteiger partial charge in [0.25, 0.3) is 0 Å². The Morgan fingerprint density at radius 1 is 1.09 bits per heavy atom. The molecule has 2 aliphatic heterocycles. The first-order valence-electron chi connectivity index (χ1n) is 15.0. The van der Waals surface area contributed by atoms with Crippen LogP contribution in [-0.4, -0.2) is 102 Å². The number of likely N-dealkylation sites (tertiary alicyclic amines) is 1. The summed E-state index contributed by atoms with van der Waals surface area (Å²) >= 11 is 0. The molecule has 0 aliphatic carbocycles. The fraction of sp³-hybridized carbons (Fsp3) is 0.469. The lowest BCUT2D eigenvalue weighted by Crippen LogP contribution is -2.56. The highest BCUT2D eigenvalue weighted by molar-refractivity contribution is 5.69. The van der Waals surface area contributed by atoms with Crippen molar-refractivity contribution in [3.63, 3.8) is 0 Å². The second-order valence-corrected chi connectivity index (χ2v) is 12.3. The molecule has 1 amide bonds. The number of nitrogens with zero attached hydrogens (tertiary/aromatic N) is 7. The maximum Gasteiger partial charge on any atom is 0.410 e. The van der Waals surface area contributed by atoms with Crippen molar-refractivity contribution in [2.24, 2.45) is 0 Å². The Balaban J connectivity index is 1.28. The van der Waals surface area contributed by atoms with Gasteiger partial charge in [0.15, 0.2) is 6.10 Å². The number of anilines is 3. The molecule has 1 N–H and O–H groups in total. The summed E-state index contributed by atoms with van der Waals surface area (Å²) in [6.07, 6.45) is -0.889. The van der Waals surface area contributed by atoms with Crippen LogP contribution in [0.1, 0.15) is 32.8 Å². The van der Waals surface area contributed by atoms with Gasteiger partial charge in [-0.2, -0.15) is 10.2 Å². The van der Waals surface area contributed by atoms with Gasteiger partial charge in [-0.05, 0) is 64.2 Å². The lowest BCUT2D eigenvalue weighted by molar-refractivity contribution is -0.137.